The number of methoxy groups -OCH3 is 1. The van der Waals surface area contributed by atoms with Crippen LogP contribution in [0, 0.1) is 10.1 Å². The van der Waals surface area contributed by atoms with Crippen LogP contribution in [-0.4, -0.2) is 41.9 Å². The fourth-order valence-electron chi connectivity index (χ4n) is 2.53. The first-order chi connectivity index (χ1) is 10.5. The summed E-state index contributed by atoms with van der Waals surface area (Å²) in [7, 11) is 1.19. The molecule has 22 heavy (non-hydrogen) atoms. The zero-order valence-corrected chi connectivity index (χ0v) is 12.4. The van der Waals surface area contributed by atoms with Crippen LogP contribution in [0.1, 0.15) is 46.4 Å². The smallest absolute Gasteiger partial charge is 0.338 e. The molecule has 1 aromatic carbocycles. The molecule has 0 atom stereocenters. The minimum atomic E-state index is -0.700. The second-order valence-corrected chi connectivity index (χ2v) is 5.22. The standard InChI is InChI=1S/C15H18N2O5/c1-22-15(19)12-8-11(9-13(10-12)17(20)21)14(18)16-6-4-2-3-5-7-16/h8-10H,2-7H2,1H3. The lowest BCUT2D eigenvalue weighted by molar-refractivity contribution is -0.384. The van der Waals surface area contributed by atoms with E-state index in [1.807, 2.05) is 0 Å². The number of carbonyl (C=O) groups is 2. The highest BCUT2D eigenvalue weighted by molar-refractivity contribution is 5.99. The molecule has 1 saturated heterocycles. The van der Waals surface area contributed by atoms with Gasteiger partial charge >= 0.3 is 5.97 Å². The summed E-state index contributed by atoms with van der Waals surface area (Å²) in [4.78, 5) is 36.2. The van der Waals surface area contributed by atoms with Crippen molar-refractivity contribution < 1.29 is 19.2 Å². The number of hydrogen-bond donors (Lipinski definition) is 0. The van der Waals surface area contributed by atoms with Gasteiger partial charge in [-0.15, -0.1) is 0 Å². The van der Waals surface area contributed by atoms with Crippen molar-refractivity contribution in [3.63, 3.8) is 0 Å². The molecule has 0 unspecified atom stereocenters. The molecule has 1 amide bonds. The zero-order valence-electron chi connectivity index (χ0n) is 12.4. The Hall–Kier alpha value is -2.44. The monoisotopic (exact) mass is 306 g/mol. The average Bonchev–Trinajstić information content (AvgIpc) is 2.82. The van der Waals surface area contributed by atoms with E-state index in [1.165, 1.54) is 19.2 Å². The number of benzene rings is 1. The van der Waals surface area contributed by atoms with Gasteiger partial charge in [-0.05, 0) is 18.9 Å². The molecule has 1 aliphatic heterocycles. The van der Waals surface area contributed by atoms with Gasteiger partial charge in [-0.2, -0.15) is 0 Å². The molecular formula is C15H18N2O5. The second-order valence-electron chi connectivity index (χ2n) is 5.22. The highest BCUT2D eigenvalue weighted by atomic mass is 16.6. The van der Waals surface area contributed by atoms with Crippen LogP contribution in [0.4, 0.5) is 5.69 Å². The van der Waals surface area contributed by atoms with Crippen molar-refractivity contribution in [2.24, 2.45) is 0 Å². The van der Waals surface area contributed by atoms with E-state index in [-0.39, 0.29) is 22.7 Å². The number of esters is 1. The summed E-state index contributed by atoms with van der Waals surface area (Å²) < 4.78 is 4.58. The number of nitro groups is 1. The van der Waals surface area contributed by atoms with Gasteiger partial charge in [0.2, 0.25) is 0 Å². The lowest BCUT2D eigenvalue weighted by atomic mass is 10.1. The molecule has 1 heterocycles. The van der Waals surface area contributed by atoms with Crippen molar-refractivity contribution >= 4 is 17.6 Å². The summed E-state index contributed by atoms with van der Waals surface area (Å²) in [6.45, 7) is 1.27. The Balaban J connectivity index is 2.35. The Kier molecular flexibility index (Phi) is 5.08. The number of nitro benzene ring substituents is 1. The normalized spacial score (nSPS) is 15.0. The lowest BCUT2D eigenvalue weighted by Gasteiger charge is -2.20. The van der Waals surface area contributed by atoms with E-state index >= 15 is 0 Å². The van der Waals surface area contributed by atoms with Crippen LogP contribution in [0.2, 0.25) is 0 Å². The maximum absolute atomic E-state index is 12.5. The van der Waals surface area contributed by atoms with Gasteiger partial charge < -0.3 is 9.64 Å². The maximum atomic E-state index is 12.5. The number of ether oxygens (including phenoxy) is 1. The van der Waals surface area contributed by atoms with Crippen LogP contribution in [0.3, 0.4) is 0 Å². The molecule has 0 N–H and O–H groups in total. The van der Waals surface area contributed by atoms with Crippen LogP contribution in [0.5, 0.6) is 0 Å². The average molecular weight is 306 g/mol. The first kappa shape index (κ1) is 15.9. The van der Waals surface area contributed by atoms with Crippen molar-refractivity contribution in [1.29, 1.82) is 0 Å². The molecule has 0 saturated carbocycles. The third-order valence-electron chi connectivity index (χ3n) is 3.69. The summed E-state index contributed by atoms with van der Waals surface area (Å²) in [5, 5.41) is 11.0. The molecule has 1 fully saturated rings. The Bertz CT molecular complexity index is 592. The van der Waals surface area contributed by atoms with Crippen LogP contribution in [0.25, 0.3) is 0 Å². The van der Waals surface area contributed by atoms with Gasteiger partial charge in [-0.25, -0.2) is 4.79 Å². The minimum absolute atomic E-state index is 0.00914. The van der Waals surface area contributed by atoms with Gasteiger partial charge in [0.1, 0.15) is 0 Å². The first-order valence-corrected chi connectivity index (χ1v) is 7.20. The van der Waals surface area contributed by atoms with Gasteiger partial charge in [0.15, 0.2) is 0 Å². The van der Waals surface area contributed by atoms with Crippen LogP contribution in [-0.2, 0) is 4.74 Å². The molecule has 1 aromatic rings. The summed E-state index contributed by atoms with van der Waals surface area (Å²) in [6.07, 6.45) is 3.99. The fourth-order valence-corrected chi connectivity index (χ4v) is 2.53. The Morgan fingerprint density at radius 1 is 1.09 bits per heavy atom. The highest BCUT2D eigenvalue weighted by Crippen LogP contribution is 2.21. The summed E-state index contributed by atoms with van der Waals surface area (Å²) >= 11 is 0. The van der Waals surface area contributed by atoms with Crippen LogP contribution < -0.4 is 0 Å². The molecule has 1 aliphatic rings. The molecule has 0 spiro atoms. The molecule has 0 bridgehead atoms. The third kappa shape index (κ3) is 3.60. The van der Waals surface area contributed by atoms with Gasteiger partial charge in [-0.1, -0.05) is 12.8 Å². The first-order valence-electron chi connectivity index (χ1n) is 7.20. The molecule has 0 radical (unpaired) electrons. The molecular weight excluding hydrogens is 288 g/mol. The fraction of sp³-hybridized carbons (Fsp3) is 0.467. The molecule has 118 valence electrons. The quantitative estimate of drug-likeness (QED) is 0.486. The SMILES string of the molecule is COC(=O)c1cc(C(=O)N2CCCCCC2)cc([N+](=O)[O-])c1. The molecule has 0 aromatic heterocycles. The minimum Gasteiger partial charge on any atom is -0.465 e. The number of carbonyl (C=O) groups excluding carboxylic acids is 2. The second kappa shape index (κ2) is 7.02. The number of rotatable bonds is 3. The van der Waals surface area contributed by atoms with Crippen molar-refractivity contribution in [2.75, 3.05) is 20.2 Å². The lowest BCUT2D eigenvalue weighted by Crippen LogP contribution is -2.32. The molecule has 7 heteroatoms. The third-order valence-corrected chi connectivity index (χ3v) is 3.69. The van der Waals surface area contributed by atoms with E-state index in [4.69, 9.17) is 0 Å². The Labute approximate surface area is 128 Å². The van der Waals surface area contributed by atoms with E-state index in [9.17, 15) is 19.7 Å². The summed E-state index contributed by atoms with van der Waals surface area (Å²) in [6, 6.07) is 3.68. The predicted molar refractivity (Wildman–Crippen MR) is 78.8 cm³/mol. The topological polar surface area (TPSA) is 89.8 Å². The Morgan fingerprint density at radius 2 is 1.68 bits per heavy atom. The number of nitrogens with zero attached hydrogens (tertiary/aromatic N) is 2. The van der Waals surface area contributed by atoms with Crippen molar-refractivity contribution in [1.82, 2.24) is 4.90 Å². The number of hydrogen-bond acceptors (Lipinski definition) is 5. The Morgan fingerprint density at radius 3 is 2.23 bits per heavy atom. The van der Waals surface area contributed by atoms with Gasteiger partial charge in [0.05, 0.1) is 17.6 Å². The molecule has 7 nitrogen and oxygen atoms in total. The summed E-state index contributed by atoms with van der Waals surface area (Å²) in [5.41, 5.74) is -0.132. The number of likely N-dealkylation sites (tertiary alicyclic amines) is 1. The van der Waals surface area contributed by atoms with E-state index in [0.29, 0.717) is 13.1 Å². The van der Waals surface area contributed by atoms with Gasteiger partial charge in [0, 0.05) is 30.8 Å². The molecule has 2 rings (SSSR count). The number of non-ortho nitro benzene ring substituents is 1. The molecule has 0 aliphatic carbocycles. The van der Waals surface area contributed by atoms with E-state index in [0.717, 1.165) is 31.7 Å². The van der Waals surface area contributed by atoms with E-state index < -0.39 is 10.9 Å². The predicted octanol–water partition coefficient (Wildman–Crippen LogP) is 2.40. The van der Waals surface area contributed by atoms with Crippen LogP contribution >= 0.6 is 0 Å². The van der Waals surface area contributed by atoms with Crippen LogP contribution in [0.15, 0.2) is 18.2 Å². The van der Waals surface area contributed by atoms with Crippen molar-refractivity contribution in [3.8, 4) is 0 Å². The van der Waals surface area contributed by atoms with Gasteiger partial charge in [-0.3, -0.25) is 14.9 Å². The zero-order chi connectivity index (χ0) is 16.1. The van der Waals surface area contributed by atoms with Gasteiger partial charge in [0.25, 0.3) is 11.6 Å². The highest BCUT2D eigenvalue weighted by Gasteiger charge is 2.22. The van der Waals surface area contributed by atoms with Crippen molar-refractivity contribution in [3.05, 3.63) is 39.4 Å². The largest absolute Gasteiger partial charge is 0.465 e. The maximum Gasteiger partial charge on any atom is 0.338 e. The summed E-state index contributed by atoms with van der Waals surface area (Å²) in [5.74, 6) is -0.982. The van der Waals surface area contributed by atoms with E-state index in [1.54, 1.807) is 4.90 Å². The van der Waals surface area contributed by atoms with E-state index in [2.05, 4.69) is 4.74 Å². The number of amides is 1. The van der Waals surface area contributed by atoms with Crippen molar-refractivity contribution in [2.45, 2.75) is 25.7 Å².